The molecule has 2 N–H and O–H groups in total. The Morgan fingerprint density at radius 1 is 1.26 bits per heavy atom. The van der Waals surface area contributed by atoms with Gasteiger partial charge in [-0.2, -0.15) is 4.80 Å². The fourth-order valence-corrected chi connectivity index (χ4v) is 1.86. The van der Waals surface area contributed by atoms with Crippen molar-refractivity contribution in [3.8, 4) is 0 Å². The Morgan fingerprint density at radius 3 is 2.43 bits per heavy atom. The van der Waals surface area contributed by atoms with Crippen molar-refractivity contribution in [1.29, 1.82) is 0 Å². The van der Waals surface area contributed by atoms with E-state index in [0.717, 1.165) is 5.56 Å². The van der Waals surface area contributed by atoms with E-state index in [1.165, 1.54) is 4.80 Å². The van der Waals surface area contributed by atoms with Crippen LogP contribution in [0.15, 0.2) is 30.3 Å². The summed E-state index contributed by atoms with van der Waals surface area (Å²) in [6.07, 6.45) is 0.176. The van der Waals surface area contributed by atoms with Crippen LogP contribution in [0.5, 0.6) is 0 Å². The molecule has 1 atom stereocenters. The molecular weight excluding hydrogens is 298 g/mol. The van der Waals surface area contributed by atoms with Crippen LogP contribution in [0.25, 0.3) is 0 Å². The average molecular weight is 317 g/mol. The summed E-state index contributed by atoms with van der Waals surface area (Å²) in [5, 5.41) is 23.2. The van der Waals surface area contributed by atoms with E-state index < -0.39 is 23.5 Å². The largest absolute Gasteiger partial charge is 0.480 e. The van der Waals surface area contributed by atoms with Gasteiger partial charge < -0.3 is 10.4 Å². The van der Waals surface area contributed by atoms with Crippen molar-refractivity contribution in [1.82, 2.24) is 25.5 Å². The number of carbonyl (C=O) groups is 2. The number of benzene rings is 1. The Kier molecular flexibility index (Phi) is 4.73. The molecule has 1 amide bonds. The van der Waals surface area contributed by atoms with Gasteiger partial charge >= 0.3 is 5.97 Å². The highest BCUT2D eigenvalue weighted by molar-refractivity contribution is 5.93. The summed E-state index contributed by atoms with van der Waals surface area (Å²) in [5.74, 6) is -1.94. The van der Waals surface area contributed by atoms with Crippen LogP contribution in [0, 0.1) is 0 Å². The lowest BCUT2D eigenvalue weighted by molar-refractivity contribution is -0.139. The number of aromatic nitrogens is 4. The van der Waals surface area contributed by atoms with Crippen molar-refractivity contribution in [2.75, 3.05) is 0 Å². The number of carboxylic acid groups (broad SMARTS) is 1. The number of carbonyl (C=O) groups excluding carboxylic acids is 1. The third-order valence-electron chi connectivity index (χ3n) is 3.10. The molecule has 1 heterocycles. The van der Waals surface area contributed by atoms with E-state index in [-0.39, 0.29) is 12.2 Å². The number of aliphatic carboxylic acids is 1. The number of amides is 1. The van der Waals surface area contributed by atoms with Gasteiger partial charge in [-0.3, -0.25) is 4.79 Å². The first-order valence-electron chi connectivity index (χ1n) is 7.15. The Balaban J connectivity index is 2.09. The second-order valence-corrected chi connectivity index (χ2v) is 6.13. The third-order valence-corrected chi connectivity index (χ3v) is 3.10. The predicted octanol–water partition coefficient (Wildman–Crippen LogP) is 0.854. The minimum atomic E-state index is -1.12. The van der Waals surface area contributed by atoms with Crippen LogP contribution in [-0.4, -0.2) is 43.2 Å². The molecule has 0 saturated heterocycles. The van der Waals surface area contributed by atoms with Crippen LogP contribution < -0.4 is 5.32 Å². The van der Waals surface area contributed by atoms with Crippen molar-refractivity contribution in [2.24, 2.45) is 0 Å². The van der Waals surface area contributed by atoms with E-state index in [1.807, 2.05) is 39.0 Å². The molecule has 0 aliphatic heterocycles. The van der Waals surface area contributed by atoms with Gasteiger partial charge in [-0.05, 0) is 31.5 Å². The Labute approximate surface area is 133 Å². The molecule has 0 spiro atoms. The molecule has 0 bridgehead atoms. The molecule has 23 heavy (non-hydrogen) atoms. The van der Waals surface area contributed by atoms with Crippen molar-refractivity contribution in [2.45, 2.75) is 38.8 Å². The van der Waals surface area contributed by atoms with E-state index >= 15 is 0 Å². The standard InChI is InChI=1S/C15H19N5O3/c1-15(2,3)20-18-12(17-19-20)13(21)16-11(14(22)23)9-10-7-5-4-6-8-10/h4-8,11H,9H2,1-3H3,(H,16,21)(H,22,23)/t11-/m1/s1. The van der Waals surface area contributed by atoms with Gasteiger partial charge in [-0.25, -0.2) is 4.79 Å². The first kappa shape index (κ1) is 16.6. The van der Waals surface area contributed by atoms with Gasteiger partial charge in [0.25, 0.3) is 11.7 Å². The van der Waals surface area contributed by atoms with E-state index in [9.17, 15) is 14.7 Å². The minimum Gasteiger partial charge on any atom is -0.480 e. The number of tetrazole rings is 1. The zero-order valence-electron chi connectivity index (χ0n) is 13.2. The predicted molar refractivity (Wildman–Crippen MR) is 81.8 cm³/mol. The second kappa shape index (κ2) is 6.55. The van der Waals surface area contributed by atoms with Crippen molar-refractivity contribution >= 4 is 11.9 Å². The van der Waals surface area contributed by atoms with Gasteiger partial charge in [0.15, 0.2) is 0 Å². The molecule has 0 radical (unpaired) electrons. The van der Waals surface area contributed by atoms with E-state index in [2.05, 4.69) is 20.7 Å². The highest BCUT2D eigenvalue weighted by Gasteiger charge is 2.25. The van der Waals surface area contributed by atoms with Crippen LogP contribution in [0.2, 0.25) is 0 Å². The summed E-state index contributed by atoms with van der Waals surface area (Å²) in [5.41, 5.74) is 0.397. The quantitative estimate of drug-likeness (QED) is 0.846. The molecule has 0 unspecified atom stereocenters. The third kappa shape index (κ3) is 4.35. The Hall–Kier alpha value is -2.77. The molecule has 0 aliphatic carbocycles. The number of carboxylic acids is 1. The van der Waals surface area contributed by atoms with E-state index in [1.54, 1.807) is 12.1 Å². The summed E-state index contributed by atoms with van der Waals surface area (Å²) in [6, 6.07) is 8.00. The number of rotatable bonds is 5. The maximum Gasteiger partial charge on any atom is 0.326 e. The molecule has 122 valence electrons. The molecule has 2 aromatic rings. The monoisotopic (exact) mass is 317 g/mol. The Morgan fingerprint density at radius 2 is 1.91 bits per heavy atom. The molecule has 0 fully saturated rings. The van der Waals surface area contributed by atoms with Gasteiger partial charge in [-0.1, -0.05) is 30.3 Å². The molecule has 1 aromatic heterocycles. The van der Waals surface area contributed by atoms with Gasteiger partial charge in [-0.15, -0.1) is 10.2 Å². The normalized spacial score (nSPS) is 12.7. The maximum absolute atomic E-state index is 12.1. The summed E-state index contributed by atoms with van der Waals surface area (Å²) in [6.45, 7) is 5.60. The fourth-order valence-electron chi connectivity index (χ4n) is 1.86. The number of nitrogens with zero attached hydrogens (tertiary/aromatic N) is 4. The van der Waals surface area contributed by atoms with Crippen LogP contribution in [0.1, 0.15) is 37.0 Å². The smallest absolute Gasteiger partial charge is 0.326 e. The van der Waals surface area contributed by atoms with E-state index in [4.69, 9.17) is 0 Å². The van der Waals surface area contributed by atoms with Gasteiger partial charge in [0.2, 0.25) is 0 Å². The average Bonchev–Trinajstić information content (AvgIpc) is 2.97. The topological polar surface area (TPSA) is 110 Å². The molecule has 1 aromatic carbocycles. The SMILES string of the molecule is CC(C)(C)n1nnc(C(=O)N[C@H](Cc2ccccc2)C(=O)O)n1. The highest BCUT2D eigenvalue weighted by Crippen LogP contribution is 2.09. The summed E-state index contributed by atoms with van der Waals surface area (Å²) >= 11 is 0. The fraction of sp³-hybridized carbons (Fsp3) is 0.400. The van der Waals surface area contributed by atoms with Crippen LogP contribution in [0.3, 0.4) is 0 Å². The van der Waals surface area contributed by atoms with Gasteiger partial charge in [0, 0.05) is 6.42 Å². The first-order valence-corrected chi connectivity index (χ1v) is 7.15. The number of nitrogens with one attached hydrogen (secondary N) is 1. The highest BCUT2D eigenvalue weighted by atomic mass is 16.4. The minimum absolute atomic E-state index is 0.153. The molecule has 0 saturated carbocycles. The van der Waals surface area contributed by atoms with Crippen molar-refractivity contribution < 1.29 is 14.7 Å². The van der Waals surface area contributed by atoms with Crippen LogP contribution >= 0.6 is 0 Å². The number of hydrogen-bond donors (Lipinski definition) is 2. The second-order valence-electron chi connectivity index (χ2n) is 6.13. The zero-order chi connectivity index (χ0) is 17.0. The van der Waals surface area contributed by atoms with Gasteiger partial charge in [0.05, 0.1) is 5.54 Å². The summed E-state index contributed by atoms with van der Waals surface area (Å²) in [4.78, 5) is 24.8. The number of hydrogen-bond acceptors (Lipinski definition) is 5. The van der Waals surface area contributed by atoms with Crippen molar-refractivity contribution in [3.63, 3.8) is 0 Å². The zero-order valence-corrected chi connectivity index (χ0v) is 13.2. The lowest BCUT2D eigenvalue weighted by atomic mass is 10.1. The first-order chi connectivity index (χ1) is 10.8. The molecule has 8 heteroatoms. The van der Waals surface area contributed by atoms with E-state index in [0.29, 0.717) is 0 Å². The summed E-state index contributed by atoms with van der Waals surface area (Å²) < 4.78 is 0. The summed E-state index contributed by atoms with van der Waals surface area (Å²) in [7, 11) is 0. The molecule has 8 nitrogen and oxygen atoms in total. The molecule has 2 rings (SSSR count). The molecule has 0 aliphatic rings. The van der Waals surface area contributed by atoms with Crippen LogP contribution in [-0.2, 0) is 16.8 Å². The Bertz CT molecular complexity index is 691. The maximum atomic E-state index is 12.1. The lowest BCUT2D eigenvalue weighted by Gasteiger charge is -2.15. The van der Waals surface area contributed by atoms with Gasteiger partial charge in [0.1, 0.15) is 6.04 Å². The van der Waals surface area contributed by atoms with Crippen LogP contribution in [0.4, 0.5) is 0 Å². The molecular formula is C15H19N5O3. The lowest BCUT2D eigenvalue weighted by Crippen LogP contribution is -2.42. The van der Waals surface area contributed by atoms with Crippen molar-refractivity contribution in [3.05, 3.63) is 41.7 Å².